The van der Waals surface area contributed by atoms with Crippen LogP contribution in [0.4, 0.5) is 0 Å². The van der Waals surface area contributed by atoms with E-state index in [1.165, 1.54) is 0 Å². The number of aromatic nitrogens is 3. The Balaban J connectivity index is 1.94. The number of nitrogens with zero attached hydrogens (tertiary/aromatic N) is 3. The highest BCUT2D eigenvalue weighted by molar-refractivity contribution is 5.97. The van der Waals surface area contributed by atoms with Gasteiger partial charge in [-0.1, -0.05) is 19.3 Å². The summed E-state index contributed by atoms with van der Waals surface area (Å²) >= 11 is 0. The normalized spacial score (nSPS) is 16.9. The second-order valence-electron chi connectivity index (χ2n) is 5.87. The molecule has 1 amide bonds. The molecule has 0 radical (unpaired) electrons. The lowest BCUT2D eigenvalue weighted by molar-refractivity contribution is -0.150. The van der Waals surface area contributed by atoms with E-state index in [1.807, 2.05) is 0 Å². The largest absolute Gasteiger partial charge is 0.481 e. The second-order valence-corrected chi connectivity index (χ2v) is 5.87. The molecule has 23 heavy (non-hydrogen) atoms. The van der Waals surface area contributed by atoms with Gasteiger partial charge in [-0.15, -0.1) is 10.2 Å². The number of ether oxygens (including phenoxy) is 1. The molecule has 1 unspecified atom stereocenters. The molecule has 1 aliphatic rings. The zero-order valence-electron chi connectivity index (χ0n) is 13.4. The predicted octanol–water partition coefficient (Wildman–Crippen LogP) is 0.822. The van der Waals surface area contributed by atoms with Crippen molar-refractivity contribution >= 4 is 11.9 Å². The third-order valence-electron chi connectivity index (χ3n) is 4.32. The van der Waals surface area contributed by atoms with Crippen molar-refractivity contribution in [1.29, 1.82) is 0 Å². The summed E-state index contributed by atoms with van der Waals surface area (Å²) in [6.07, 6.45) is 6.27. The van der Waals surface area contributed by atoms with Gasteiger partial charge >= 0.3 is 5.97 Å². The van der Waals surface area contributed by atoms with E-state index < -0.39 is 17.8 Å². The van der Waals surface area contributed by atoms with Crippen LogP contribution in [0.1, 0.15) is 37.9 Å². The number of carboxylic acid groups (broad SMARTS) is 1. The monoisotopic (exact) mass is 324 g/mol. The average Bonchev–Trinajstić information content (AvgIpc) is 2.99. The van der Waals surface area contributed by atoms with Crippen molar-refractivity contribution in [2.75, 3.05) is 13.7 Å². The smallest absolute Gasteiger partial charge is 0.316 e. The molecular formula is C15H24N4O4. The molecule has 8 nitrogen and oxygen atoms in total. The summed E-state index contributed by atoms with van der Waals surface area (Å²) in [6, 6.07) is 0. The molecule has 0 aromatic carbocycles. The van der Waals surface area contributed by atoms with Gasteiger partial charge in [0.15, 0.2) is 5.82 Å². The lowest BCUT2D eigenvalue weighted by Crippen LogP contribution is -2.40. The SMILES string of the molecule is COCCn1cnnc1CNC(=O)C(C(=O)O)C1CCCCC1. The predicted molar refractivity (Wildman–Crippen MR) is 81.4 cm³/mol. The van der Waals surface area contributed by atoms with Crippen LogP contribution in [0.3, 0.4) is 0 Å². The van der Waals surface area contributed by atoms with E-state index in [0.717, 1.165) is 32.1 Å². The topological polar surface area (TPSA) is 106 Å². The van der Waals surface area contributed by atoms with Crippen molar-refractivity contribution in [3.8, 4) is 0 Å². The minimum Gasteiger partial charge on any atom is -0.481 e. The van der Waals surface area contributed by atoms with Gasteiger partial charge in [-0.3, -0.25) is 9.59 Å². The first-order valence-electron chi connectivity index (χ1n) is 7.99. The third kappa shape index (κ3) is 4.75. The fourth-order valence-electron chi connectivity index (χ4n) is 3.06. The van der Waals surface area contributed by atoms with Crippen molar-refractivity contribution in [2.24, 2.45) is 11.8 Å². The highest BCUT2D eigenvalue weighted by atomic mass is 16.5. The molecule has 1 fully saturated rings. The van der Waals surface area contributed by atoms with E-state index in [-0.39, 0.29) is 12.5 Å². The Morgan fingerprint density at radius 3 is 2.83 bits per heavy atom. The fourth-order valence-corrected chi connectivity index (χ4v) is 3.06. The maximum Gasteiger partial charge on any atom is 0.316 e. The number of rotatable bonds is 8. The van der Waals surface area contributed by atoms with Crippen LogP contribution in [0.5, 0.6) is 0 Å². The summed E-state index contributed by atoms with van der Waals surface area (Å²) in [5, 5.41) is 19.9. The number of hydrogen-bond acceptors (Lipinski definition) is 5. The standard InChI is InChI=1S/C15H24N4O4/c1-23-8-7-19-10-17-18-12(19)9-16-14(20)13(15(21)22)11-5-3-2-4-6-11/h10-11,13H,2-9H2,1H3,(H,16,20)(H,21,22). The number of carbonyl (C=O) groups excluding carboxylic acids is 1. The zero-order chi connectivity index (χ0) is 16.7. The Kier molecular flexibility index (Phi) is 6.52. The first-order chi connectivity index (χ1) is 11.1. The first-order valence-corrected chi connectivity index (χ1v) is 7.99. The van der Waals surface area contributed by atoms with Crippen LogP contribution in [-0.4, -0.2) is 45.5 Å². The number of methoxy groups -OCH3 is 1. The number of amides is 1. The molecule has 0 aliphatic heterocycles. The summed E-state index contributed by atoms with van der Waals surface area (Å²) in [5.41, 5.74) is 0. The average molecular weight is 324 g/mol. The molecular weight excluding hydrogens is 300 g/mol. The molecule has 8 heteroatoms. The van der Waals surface area contributed by atoms with Gasteiger partial charge in [-0.25, -0.2) is 0 Å². The molecule has 1 heterocycles. The molecule has 128 valence electrons. The summed E-state index contributed by atoms with van der Waals surface area (Å²) in [5.74, 6) is -1.96. The van der Waals surface area contributed by atoms with Crippen molar-refractivity contribution in [1.82, 2.24) is 20.1 Å². The summed E-state index contributed by atoms with van der Waals surface area (Å²) in [4.78, 5) is 23.8. The van der Waals surface area contributed by atoms with Crippen LogP contribution in [-0.2, 0) is 27.4 Å². The van der Waals surface area contributed by atoms with Crippen molar-refractivity contribution < 1.29 is 19.4 Å². The minimum absolute atomic E-state index is 0.0763. The van der Waals surface area contributed by atoms with E-state index in [4.69, 9.17) is 4.74 Å². The maximum atomic E-state index is 12.3. The van der Waals surface area contributed by atoms with Crippen LogP contribution in [0.2, 0.25) is 0 Å². The molecule has 1 saturated carbocycles. The summed E-state index contributed by atoms with van der Waals surface area (Å²) in [6.45, 7) is 1.26. The second kappa shape index (κ2) is 8.61. The summed E-state index contributed by atoms with van der Waals surface area (Å²) in [7, 11) is 1.60. The Morgan fingerprint density at radius 1 is 1.43 bits per heavy atom. The molecule has 1 aromatic heterocycles. The molecule has 1 aromatic rings. The van der Waals surface area contributed by atoms with Gasteiger partial charge in [0.2, 0.25) is 5.91 Å². The molecule has 1 atom stereocenters. The first kappa shape index (κ1) is 17.4. The highest BCUT2D eigenvalue weighted by Gasteiger charge is 2.35. The van der Waals surface area contributed by atoms with Crippen LogP contribution in [0, 0.1) is 11.8 Å². The minimum atomic E-state index is -1.05. The molecule has 0 spiro atoms. The van der Waals surface area contributed by atoms with E-state index in [0.29, 0.717) is 19.0 Å². The number of carboxylic acids is 1. The van der Waals surface area contributed by atoms with Gasteiger partial charge in [-0.05, 0) is 18.8 Å². The van der Waals surface area contributed by atoms with E-state index in [1.54, 1.807) is 18.0 Å². The number of nitrogens with one attached hydrogen (secondary N) is 1. The van der Waals surface area contributed by atoms with Gasteiger partial charge in [0.1, 0.15) is 12.2 Å². The van der Waals surface area contributed by atoms with E-state index in [9.17, 15) is 14.7 Å². The number of hydrogen-bond donors (Lipinski definition) is 2. The quantitative estimate of drug-likeness (QED) is 0.686. The van der Waals surface area contributed by atoms with Gasteiger partial charge in [0, 0.05) is 13.7 Å². The third-order valence-corrected chi connectivity index (χ3v) is 4.32. The van der Waals surface area contributed by atoms with Crippen molar-refractivity contribution in [2.45, 2.75) is 45.2 Å². The lowest BCUT2D eigenvalue weighted by atomic mass is 9.79. The fraction of sp³-hybridized carbons (Fsp3) is 0.733. The number of carbonyl (C=O) groups is 2. The lowest BCUT2D eigenvalue weighted by Gasteiger charge is -2.26. The Labute approximate surface area is 135 Å². The zero-order valence-corrected chi connectivity index (χ0v) is 13.4. The molecule has 0 bridgehead atoms. The maximum absolute atomic E-state index is 12.3. The molecule has 2 rings (SSSR count). The highest BCUT2D eigenvalue weighted by Crippen LogP contribution is 2.30. The van der Waals surface area contributed by atoms with Gasteiger partial charge in [0.05, 0.1) is 13.2 Å². The summed E-state index contributed by atoms with van der Waals surface area (Å²) < 4.78 is 6.78. The Morgan fingerprint density at radius 2 is 2.17 bits per heavy atom. The molecule has 0 saturated heterocycles. The molecule has 2 N–H and O–H groups in total. The van der Waals surface area contributed by atoms with Crippen molar-refractivity contribution in [3.05, 3.63) is 12.2 Å². The van der Waals surface area contributed by atoms with Crippen molar-refractivity contribution in [3.63, 3.8) is 0 Å². The Hall–Kier alpha value is -1.96. The van der Waals surface area contributed by atoms with Crippen LogP contribution < -0.4 is 5.32 Å². The van der Waals surface area contributed by atoms with Gasteiger partial charge in [-0.2, -0.15) is 0 Å². The molecule has 1 aliphatic carbocycles. The van der Waals surface area contributed by atoms with E-state index in [2.05, 4.69) is 15.5 Å². The number of aliphatic carboxylic acids is 1. The Bertz CT molecular complexity index is 525. The van der Waals surface area contributed by atoms with E-state index >= 15 is 0 Å². The van der Waals surface area contributed by atoms with Crippen LogP contribution in [0.25, 0.3) is 0 Å². The van der Waals surface area contributed by atoms with Crippen LogP contribution in [0.15, 0.2) is 6.33 Å². The van der Waals surface area contributed by atoms with Gasteiger partial charge < -0.3 is 19.7 Å². The van der Waals surface area contributed by atoms with Gasteiger partial charge in [0.25, 0.3) is 0 Å². The van der Waals surface area contributed by atoms with Crippen LogP contribution >= 0.6 is 0 Å².